The lowest BCUT2D eigenvalue weighted by Crippen LogP contribution is -2.02. The first kappa shape index (κ1) is 12.0. The van der Waals surface area contributed by atoms with Gasteiger partial charge in [-0.2, -0.15) is 4.98 Å². The van der Waals surface area contributed by atoms with E-state index >= 15 is 0 Å². The second-order valence-electron chi connectivity index (χ2n) is 4.81. The van der Waals surface area contributed by atoms with E-state index in [9.17, 15) is 0 Å². The standard InChI is InChI=1S/C14H17N3O2/c1-18-12-4-2-3-11(9-12)13-16-14(19-17-13)15-8-7-10-5-6-10/h2-4,9-10H,5-8H2,1H3,(H,15,16,17). The summed E-state index contributed by atoms with van der Waals surface area (Å²) >= 11 is 0. The lowest BCUT2D eigenvalue weighted by atomic mass is 10.2. The summed E-state index contributed by atoms with van der Waals surface area (Å²) in [4.78, 5) is 4.33. The molecule has 3 rings (SSSR count). The minimum Gasteiger partial charge on any atom is -0.497 e. The van der Waals surface area contributed by atoms with Gasteiger partial charge in [0, 0.05) is 12.1 Å². The van der Waals surface area contributed by atoms with E-state index in [0.717, 1.165) is 23.8 Å². The highest BCUT2D eigenvalue weighted by Crippen LogP contribution is 2.32. The Bertz CT molecular complexity index is 549. The van der Waals surface area contributed by atoms with E-state index in [1.165, 1.54) is 19.3 Å². The molecule has 100 valence electrons. The molecule has 0 unspecified atom stereocenters. The summed E-state index contributed by atoms with van der Waals surface area (Å²) in [5.74, 6) is 2.26. The van der Waals surface area contributed by atoms with Gasteiger partial charge in [-0.05, 0) is 24.5 Å². The number of aromatic nitrogens is 2. The number of rotatable bonds is 6. The Balaban J connectivity index is 1.65. The van der Waals surface area contributed by atoms with Crippen LogP contribution in [0.5, 0.6) is 5.75 Å². The van der Waals surface area contributed by atoms with E-state index < -0.39 is 0 Å². The minimum atomic E-state index is 0.485. The van der Waals surface area contributed by atoms with Crippen molar-refractivity contribution in [3.63, 3.8) is 0 Å². The summed E-state index contributed by atoms with van der Waals surface area (Å²) in [5.41, 5.74) is 0.887. The number of nitrogens with zero attached hydrogens (tertiary/aromatic N) is 2. The maximum Gasteiger partial charge on any atom is 0.321 e. The van der Waals surface area contributed by atoms with Gasteiger partial charge < -0.3 is 14.6 Å². The van der Waals surface area contributed by atoms with Gasteiger partial charge in [0.15, 0.2) is 0 Å². The molecule has 1 fully saturated rings. The zero-order valence-electron chi connectivity index (χ0n) is 10.9. The number of hydrogen-bond donors (Lipinski definition) is 1. The lowest BCUT2D eigenvalue weighted by molar-refractivity contribution is 0.414. The first-order valence-electron chi connectivity index (χ1n) is 6.57. The molecule has 1 saturated carbocycles. The van der Waals surface area contributed by atoms with Crippen molar-refractivity contribution in [2.45, 2.75) is 19.3 Å². The topological polar surface area (TPSA) is 60.2 Å². The molecular formula is C14H17N3O2. The zero-order valence-corrected chi connectivity index (χ0v) is 10.9. The molecule has 0 aliphatic heterocycles. The Kier molecular flexibility index (Phi) is 3.35. The van der Waals surface area contributed by atoms with Crippen molar-refractivity contribution in [2.75, 3.05) is 19.0 Å². The molecule has 1 aromatic carbocycles. The molecule has 1 heterocycles. The van der Waals surface area contributed by atoms with Gasteiger partial charge in [0.1, 0.15) is 5.75 Å². The van der Waals surface area contributed by atoms with Crippen LogP contribution in [0.3, 0.4) is 0 Å². The Morgan fingerprint density at radius 2 is 2.32 bits per heavy atom. The molecule has 2 aromatic rings. The summed E-state index contributed by atoms with van der Waals surface area (Å²) in [6.07, 6.45) is 3.90. The Labute approximate surface area is 112 Å². The average Bonchev–Trinajstić information content (AvgIpc) is 3.15. The van der Waals surface area contributed by atoms with Crippen LogP contribution >= 0.6 is 0 Å². The highest BCUT2D eigenvalue weighted by atomic mass is 16.5. The second-order valence-corrected chi connectivity index (χ2v) is 4.81. The average molecular weight is 259 g/mol. The predicted octanol–water partition coefficient (Wildman–Crippen LogP) is 2.96. The molecule has 19 heavy (non-hydrogen) atoms. The van der Waals surface area contributed by atoms with Crippen LogP contribution in [0, 0.1) is 5.92 Å². The van der Waals surface area contributed by atoms with E-state index in [1.54, 1.807) is 7.11 Å². The van der Waals surface area contributed by atoms with Crippen LogP contribution in [0.1, 0.15) is 19.3 Å². The predicted molar refractivity (Wildman–Crippen MR) is 72.1 cm³/mol. The second kappa shape index (κ2) is 5.30. The molecular weight excluding hydrogens is 242 g/mol. The summed E-state index contributed by atoms with van der Waals surface area (Å²) in [6, 6.07) is 8.10. The Hall–Kier alpha value is -2.04. The summed E-state index contributed by atoms with van der Waals surface area (Å²) < 4.78 is 10.4. The van der Waals surface area contributed by atoms with Crippen LogP contribution in [0.2, 0.25) is 0 Å². The van der Waals surface area contributed by atoms with Crippen LogP contribution in [-0.2, 0) is 0 Å². The largest absolute Gasteiger partial charge is 0.497 e. The SMILES string of the molecule is COc1cccc(-c2noc(NCCC3CC3)n2)c1. The summed E-state index contributed by atoms with van der Waals surface area (Å²) in [6.45, 7) is 0.893. The normalized spacial score (nSPS) is 14.4. The number of nitrogens with one attached hydrogen (secondary N) is 1. The van der Waals surface area contributed by atoms with E-state index in [-0.39, 0.29) is 0 Å². The molecule has 0 amide bonds. The molecule has 1 aliphatic rings. The van der Waals surface area contributed by atoms with Crippen molar-refractivity contribution in [2.24, 2.45) is 5.92 Å². The van der Waals surface area contributed by atoms with Gasteiger partial charge in [-0.25, -0.2) is 0 Å². The number of hydrogen-bond acceptors (Lipinski definition) is 5. The van der Waals surface area contributed by atoms with Gasteiger partial charge in [0.25, 0.3) is 0 Å². The van der Waals surface area contributed by atoms with E-state index in [1.807, 2.05) is 24.3 Å². The Morgan fingerprint density at radius 1 is 1.42 bits per heavy atom. The molecule has 5 nitrogen and oxygen atoms in total. The van der Waals surface area contributed by atoms with Crippen molar-refractivity contribution in [3.05, 3.63) is 24.3 Å². The van der Waals surface area contributed by atoms with Crippen molar-refractivity contribution < 1.29 is 9.26 Å². The molecule has 0 atom stereocenters. The first-order chi connectivity index (χ1) is 9.35. The van der Waals surface area contributed by atoms with E-state index in [0.29, 0.717) is 11.8 Å². The monoisotopic (exact) mass is 259 g/mol. The fourth-order valence-corrected chi connectivity index (χ4v) is 1.96. The fraction of sp³-hybridized carbons (Fsp3) is 0.429. The third kappa shape index (κ3) is 3.05. The maximum atomic E-state index is 5.18. The minimum absolute atomic E-state index is 0.485. The van der Waals surface area contributed by atoms with Gasteiger partial charge in [-0.3, -0.25) is 0 Å². The zero-order chi connectivity index (χ0) is 13.1. The number of anilines is 1. The quantitative estimate of drug-likeness (QED) is 0.864. The van der Waals surface area contributed by atoms with Gasteiger partial charge in [-0.15, -0.1) is 0 Å². The van der Waals surface area contributed by atoms with Crippen LogP contribution in [0.15, 0.2) is 28.8 Å². The van der Waals surface area contributed by atoms with Crippen molar-refractivity contribution >= 4 is 6.01 Å². The van der Waals surface area contributed by atoms with Crippen LogP contribution < -0.4 is 10.1 Å². The molecule has 0 bridgehead atoms. The highest BCUT2D eigenvalue weighted by molar-refractivity contribution is 5.57. The van der Waals surface area contributed by atoms with Crippen LogP contribution in [0.25, 0.3) is 11.4 Å². The molecule has 5 heteroatoms. The fourth-order valence-electron chi connectivity index (χ4n) is 1.96. The van der Waals surface area contributed by atoms with Gasteiger partial charge >= 0.3 is 6.01 Å². The van der Waals surface area contributed by atoms with Crippen molar-refractivity contribution in [1.82, 2.24) is 10.1 Å². The van der Waals surface area contributed by atoms with Crippen molar-refractivity contribution in [3.8, 4) is 17.1 Å². The molecule has 0 saturated heterocycles. The smallest absolute Gasteiger partial charge is 0.321 e. The number of methoxy groups -OCH3 is 1. The number of ether oxygens (including phenoxy) is 1. The van der Waals surface area contributed by atoms with Gasteiger partial charge in [-0.1, -0.05) is 30.1 Å². The molecule has 1 aliphatic carbocycles. The maximum absolute atomic E-state index is 5.18. The lowest BCUT2D eigenvalue weighted by Gasteiger charge is -2.00. The molecule has 1 N–H and O–H groups in total. The number of benzene rings is 1. The summed E-state index contributed by atoms with van der Waals surface area (Å²) in [5, 5.41) is 7.13. The van der Waals surface area contributed by atoms with Gasteiger partial charge in [0.2, 0.25) is 5.82 Å². The van der Waals surface area contributed by atoms with Gasteiger partial charge in [0.05, 0.1) is 7.11 Å². The highest BCUT2D eigenvalue weighted by Gasteiger charge is 2.20. The molecule has 1 aromatic heterocycles. The van der Waals surface area contributed by atoms with Crippen LogP contribution in [-0.4, -0.2) is 23.8 Å². The van der Waals surface area contributed by atoms with Crippen molar-refractivity contribution in [1.29, 1.82) is 0 Å². The summed E-state index contributed by atoms with van der Waals surface area (Å²) in [7, 11) is 1.64. The molecule has 0 spiro atoms. The van der Waals surface area contributed by atoms with E-state index in [2.05, 4.69) is 15.5 Å². The third-order valence-electron chi connectivity index (χ3n) is 3.28. The van der Waals surface area contributed by atoms with Crippen LogP contribution in [0.4, 0.5) is 6.01 Å². The third-order valence-corrected chi connectivity index (χ3v) is 3.28. The van der Waals surface area contributed by atoms with E-state index in [4.69, 9.17) is 9.26 Å². The Morgan fingerprint density at radius 3 is 3.11 bits per heavy atom. The molecule has 0 radical (unpaired) electrons. The first-order valence-corrected chi connectivity index (χ1v) is 6.57.